The van der Waals surface area contributed by atoms with Crippen LogP contribution in [0.4, 0.5) is 4.39 Å². The first-order valence-electron chi connectivity index (χ1n) is 6.61. The smallest absolute Gasteiger partial charge is 0.243 e. The number of rotatable bonds is 7. The van der Waals surface area contributed by atoms with Gasteiger partial charge in [-0.3, -0.25) is 0 Å². The zero-order valence-electron chi connectivity index (χ0n) is 12.1. The second kappa shape index (κ2) is 6.65. The summed E-state index contributed by atoms with van der Waals surface area (Å²) in [6.07, 6.45) is 1.26. The lowest BCUT2D eigenvalue weighted by Crippen LogP contribution is -2.40. The molecule has 1 atom stereocenters. The molecule has 1 rings (SSSR count). The average Bonchev–Trinajstić information content (AvgIpc) is 2.35. The van der Waals surface area contributed by atoms with E-state index in [1.54, 1.807) is 6.92 Å². The van der Waals surface area contributed by atoms with Crippen molar-refractivity contribution in [2.45, 2.75) is 44.1 Å². The number of hydrogen-bond donors (Lipinski definition) is 2. The lowest BCUT2D eigenvalue weighted by molar-refractivity contribution is 0.0506. The molecule has 1 aromatic rings. The number of aliphatic hydroxyl groups is 1. The van der Waals surface area contributed by atoms with Crippen LogP contribution in [0.1, 0.15) is 33.6 Å². The lowest BCUT2D eigenvalue weighted by atomic mass is 9.96. The molecule has 0 heterocycles. The van der Waals surface area contributed by atoms with Crippen LogP contribution in [0.25, 0.3) is 0 Å². The minimum Gasteiger partial charge on any atom is -0.389 e. The van der Waals surface area contributed by atoms with Gasteiger partial charge in [0.2, 0.25) is 10.0 Å². The SMILES string of the molecule is CC(C)CCC(C)(O)CNS(=O)(=O)c1ccccc1F. The number of halogens is 1. The van der Waals surface area contributed by atoms with Gasteiger partial charge in [-0.15, -0.1) is 0 Å². The second-order valence-electron chi connectivity index (χ2n) is 5.68. The van der Waals surface area contributed by atoms with Crippen molar-refractivity contribution >= 4 is 10.0 Å². The van der Waals surface area contributed by atoms with Crippen molar-refractivity contribution in [1.29, 1.82) is 0 Å². The van der Waals surface area contributed by atoms with Crippen LogP contribution in [0.3, 0.4) is 0 Å². The van der Waals surface area contributed by atoms with Crippen molar-refractivity contribution in [2.24, 2.45) is 5.92 Å². The molecule has 6 heteroatoms. The number of benzene rings is 1. The first kappa shape index (κ1) is 17.1. The van der Waals surface area contributed by atoms with Gasteiger partial charge in [-0.05, 0) is 37.8 Å². The van der Waals surface area contributed by atoms with E-state index in [0.717, 1.165) is 12.5 Å². The molecule has 2 N–H and O–H groups in total. The molecule has 0 spiro atoms. The molecule has 0 aliphatic heterocycles. The Balaban J connectivity index is 2.71. The number of hydrogen-bond acceptors (Lipinski definition) is 3. The fourth-order valence-electron chi connectivity index (χ4n) is 1.68. The van der Waals surface area contributed by atoms with Crippen LogP contribution in [-0.2, 0) is 10.0 Å². The van der Waals surface area contributed by atoms with Crippen LogP contribution in [0.2, 0.25) is 0 Å². The summed E-state index contributed by atoms with van der Waals surface area (Å²) in [6.45, 7) is 5.48. The summed E-state index contributed by atoms with van der Waals surface area (Å²) in [6, 6.07) is 5.16. The van der Waals surface area contributed by atoms with Crippen LogP contribution in [0.5, 0.6) is 0 Å². The molecule has 1 unspecified atom stereocenters. The molecule has 0 aliphatic carbocycles. The monoisotopic (exact) mass is 303 g/mol. The molecule has 20 heavy (non-hydrogen) atoms. The Morgan fingerprint density at radius 2 is 1.95 bits per heavy atom. The van der Waals surface area contributed by atoms with E-state index in [9.17, 15) is 17.9 Å². The Bertz CT molecular complexity index is 541. The number of nitrogens with one attached hydrogen (secondary N) is 1. The molecule has 0 amide bonds. The fraction of sp³-hybridized carbons (Fsp3) is 0.571. The molecule has 0 radical (unpaired) electrons. The maximum atomic E-state index is 13.5. The zero-order valence-corrected chi connectivity index (χ0v) is 12.9. The highest BCUT2D eigenvalue weighted by atomic mass is 32.2. The minimum absolute atomic E-state index is 0.142. The third kappa shape index (κ3) is 5.19. The number of sulfonamides is 1. The highest BCUT2D eigenvalue weighted by Gasteiger charge is 2.25. The van der Waals surface area contributed by atoms with Gasteiger partial charge in [-0.1, -0.05) is 26.0 Å². The van der Waals surface area contributed by atoms with Gasteiger partial charge in [-0.2, -0.15) is 0 Å². The van der Waals surface area contributed by atoms with Crippen molar-refractivity contribution in [1.82, 2.24) is 4.72 Å². The zero-order chi connectivity index (χ0) is 15.4. The normalized spacial score (nSPS) is 15.3. The molecule has 1 aromatic carbocycles. The third-order valence-electron chi connectivity index (χ3n) is 3.03. The van der Waals surface area contributed by atoms with Gasteiger partial charge in [0.05, 0.1) is 5.60 Å². The van der Waals surface area contributed by atoms with Gasteiger partial charge in [0.1, 0.15) is 10.7 Å². The highest BCUT2D eigenvalue weighted by molar-refractivity contribution is 7.89. The summed E-state index contributed by atoms with van der Waals surface area (Å²) >= 11 is 0. The molecule has 0 saturated heterocycles. The lowest BCUT2D eigenvalue weighted by Gasteiger charge is -2.24. The first-order chi connectivity index (χ1) is 9.14. The van der Waals surface area contributed by atoms with Gasteiger partial charge >= 0.3 is 0 Å². The maximum Gasteiger partial charge on any atom is 0.243 e. The van der Waals surface area contributed by atoms with E-state index in [4.69, 9.17) is 0 Å². The average molecular weight is 303 g/mol. The van der Waals surface area contributed by atoms with Gasteiger partial charge in [0.25, 0.3) is 0 Å². The maximum absolute atomic E-state index is 13.5. The van der Waals surface area contributed by atoms with E-state index < -0.39 is 26.3 Å². The van der Waals surface area contributed by atoms with Crippen LogP contribution in [0, 0.1) is 11.7 Å². The van der Waals surface area contributed by atoms with Gasteiger partial charge < -0.3 is 5.11 Å². The van der Waals surface area contributed by atoms with E-state index in [1.807, 2.05) is 13.8 Å². The third-order valence-corrected chi connectivity index (χ3v) is 4.46. The van der Waals surface area contributed by atoms with Crippen molar-refractivity contribution < 1.29 is 17.9 Å². The second-order valence-corrected chi connectivity index (χ2v) is 7.42. The summed E-state index contributed by atoms with van der Waals surface area (Å²) in [5.41, 5.74) is -1.15. The van der Waals surface area contributed by atoms with E-state index in [0.29, 0.717) is 12.3 Å². The Labute approximate surface area is 120 Å². The van der Waals surface area contributed by atoms with Crippen LogP contribution in [-0.4, -0.2) is 25.7 Å². The van der Waals surface area contributed by atoms with Gasteiger partial charge in [0, 0.05) is 6.54 Å². The van der Waals surface area contributed by atoms with Crippen LogP contribution < -0.4 is 4.72 Å². The molecule has 0 aliphatic rings. The summed E-state index contributed by atoms with van der Waals surface area (Å²) in [7, 11) is -3.95. The van der Waals surface area contributed by atoms with E-state index in [2.05, 4.69) is 4.72 Å². The van der Waals surface area contributed by atoms with Crippen LogP contribution in [0.15, 0.2) is 29.2 Å². The summed E-state index contributed by atoms with van der Waals surface area (Å²) in [5.74, 6) is -0.383. The van der Waals surface area contributed by atoms with Crippen molar-refractivity contribution in [2.75, 3.05) is 6.54 Å². The van der Waals surface area contributed by atoms with E-state index in [-0.39, 0.29) is 6.54 Å². The van der Waals surface area contributed by atoms with Crippen LogP contribution >= 0.6 is 0 Å². The van der Waals surface area contributed by atoms with E-state index in [1.165, 1.54) is 18.2 Å². The molecule has 0 saturated carbocycles. The molecule has 114 valence electrons. The molecule has 4 nitrogen and oxygen atoms in total. The molecular formula is C14H22FNO3S. The topological polar surface area (TPSA) is 66.4 Å². The predicted octanol–water partition coefficient (Wildman–Crippen LogP) is 2.29. The Morgan fingerprint density at radius 3 is 2.50 bits per heavy atom. The molecule has 0 aromatic heterocycles. The summed E-state index contributed by atoms with van der Waals surface area (Å²) < 4.78 is 39.7. The molecule has 0 fully saturated rings. The molecular weight excluding hydrogens is 281 g/mol. The first-order valence-corrected chi connectivity index (χ1v) is 8.09. The standard InChI is InChI=1S/C14H22FNO3S/c1-11(2)8-9-14(3,17)10-16-20(18,19)13-7-5-4-6-12(13)15/h4-7,11,16-17H,8-10H2,1-3H3. The Kier molecular flexibility index (Phi) is 5.68. The highest BCUT2D eigenvalue weighted by Crippen LogP contribution is 2.18. The summed E-state index contributed by atoms with van der Waals surface area (Å²) in [5, 5.41) is 10.1. The molecule has 0 bridgehead atoms. The largest absolute Gasteiger partial charge is 0.389 e. The van der Waals surface area contributed by atoms with E-state index >= 15 is 0 Å². The summed E-state index contributed by atoms with van der Waals surface area (Å²) in [4.78, 5) is -0.403. The van der Waals surface area contributed by atoms with Crippen molar-refractivity contribution in [3.63, 3.8) is 0 Å². The quantitative estimate of drug-likeness (QED) is 0.812. The fourth-order valence-corrected chi connectivity index (χ4v) is 2.92. The minimum atomic E-state index is -3.95. The Morgan fingerprint density at radius 1 is 1.35 bits per heavy atom. The van der Waals surface area contributed by atoms with Crippen molar-refractivity contribution in [3.05, 3.63) is 30.1 Å². The van der Waals surface area contributed by atoms with Gasteiger partial charge in [-0.25, -0.2) is 17.5 Å². The van der Waals surface area contributed by atoms with Crippen molar-refractivity contribution in [3.8, 4) is 0 Å². The Hall–Kier alpha value is -0.980. The predicted molar refractivity (Wildman–Crippen MR) is 76.3 cm³/mol. The van der Waals surface area contributed by atoms with Gasteiger partial charge in [0.15, 0.2) is 0 Å².